The maximum absolute atomic E-state index is 13.2. The summed E-state index contributed by atoms with van der Waals surface area (Å²) < 4.78 is 40.2. The van der Waals surface area contributed by atoms with Gasteiger partial charge in [0.05, 0.1) is 36.2 Å². The molecule has 11 heteroatoms. The third-order valence-electron chi connectivity index (χ3n) is 5.41. The van der Waals surface area contributed by atoms with Crippen molar-refractivity contribution in [2.45, 2.75) is 30.3 Å². The van der Waals surface area contributed by atoms with Crippen molar-refractivity contribution in [1.29, 1.82) is 0 Å². The second-order valence-corrected chi connectivity index (χ2v) is 9.04. The number of hydrogen-bond acceptors (Lipinski definition) is 5. The number of aromatic nitrogens is 3. The summed E-state index contributed by atoms with van der Waals surface area (Å²) in [7, 11) is 0. The van der Waals surface area contributed by atoms with Crippen LogP contribution in [0.25, 0.3) is 5.69 Å². The number of amides is 1. The minimum absolute atomic E-state index is 0.0245. The SMILES string of the molecule is Cc1c(O)n(-c2ccc(SC(F)(F)F)cc2)c(=O)n1Cc1ccncc1NC(=O)Cc1ccccc1. The number of benzene rings is 2. The molecule has 0 fully saturated rings. The number of alkyl halides is 3. The van der Waals surface area contributed by atoms with Crippen molar-refractivity contribution >= 4 is 23.4 Å². The van der Waals surface area contributed by atoms with Crippen molar-refractivity contribution in [2.75, 3.05) is 5.32 Å². The van der Waals surface area contributed by atoms with E-state index in [1.54, 1.807) is 13.0 Å². The summed E-state index contributed by atoms with van der Waals surface area (Å²) >= 11 is -0.266. The number of anilines is 1. The Kier molecular flexibility index (Phi) is 7.20. The Hall–Kier alpha value is -3.99. The average Bonchev–Trinajstić information content (AvgIpc) is 3.03. The number of nitrogens with zero attached hydrogens (tertiary/aromatic N) is 3. The molecule has 0 bridgehead atoms. The highest BCUT2D eigenvalue weighted by Gasteiger charge is 2.29. The highest BCUT2D eigenvalue weighted by molar-refractivity contribution is 8.00. The minimum atomic E-state index is -4.43. The van der Waals surface area contributed by atoms with E-state index in [1.165, 1.54) is 41.2 Å². The van der Waals surface area contributed by atoms with Crippen LogP contribution in [0, 0.1) is 6.92 Å². The maximum atomic E-state index is 13.2. The molecule has 7 nitrogen and oxygen atoms in total. The Morgan fingerprint density at radius 1 is 1.08 bits per heavy atom. The van der Waals surface area contributed by atoms with Crippen LogP contribution in [0.1, 0.15) is 16.8 Å². The van der Waals surface area contributed by atoms with Crippen molar-refractivity contribution in [2.24, 2.45) is 0 Å². The topological polar surface area (TPSA) is 89.2 Å². The summed E-state index contributed by atoms with van der Waals surface area (Å²) in [6, 6.07) is 16.0. The first-order chi connectivity index (χ1) is 17.1. The number of halogens is 3. The van der Waals surface area contributed by atoms with Crippen molar-refractivity contribution in [3.8, 4) is 11.6 Å². The Morgan fingerprint density at radius 2 is 1.78 bits per heavy atom. The van der Waals surface area contributed by atoms with Gasteiger partial charge in [0.2, 0.25) is 11.8 Å². The fraction of sp³-hybridized carbons (Fsp3) is 0.160. The Balaban J connectivity index is 1.58. The van der Waals surface area contributed by atoms with Crippen LogP contribution in [0.4, 0.5) is 18.9 Å². The molecule has 2 N–H and O–H groups in total. The molecule has 4 aromatic rings. The molecule has 0 aliphatic heterocycles. The highest BCUT2D eigenvalue weighted by Crippen LogP contribution is 2.37. The zero-order chi connectivity index (χ0) is 25.9. The predicted molar refractivity (Wildman–Crippen MR) is 130 cm³/mol. The quantitative estimate of drug-likeness (QED) is 0.343. The van der Waals surface area contributed by atoms with Crippen LogP contribution in [-0.4, -0.2) is 30.6 Å². The molecule has 0 aliphatic rings. The van der Waals surface area contributed by atoms with E-state index in [2.05, 4.69) is 10.3 Å². The van der Waals surface area contributed by atoms with Gasteiger partial charge in [0.25, 0.3) is 0 Å². The first kappa shape index (κ1) is 25.1. The van der Waals surface area contributed by atoms with Crippen LogP contribution < -0.4 is 11.0 Å². The molecule has 2 aromatic carbocycles. The molecule has 0 atom stereocenters. The van der Waals surface area contributed by atoms with Gasteiger partial charge in [-0.15, -0.1) is 0 Å². The molecule has 0 aliphatic carbocycles. The normalized spacial score (nSPS) is 11.4. The van der Waals surface area contributed by atoms with Gasteiger partial charge in [-0.3, -0.25) is 14.3 Å². The van der Waals surface area contributed by atoms with Gasteiger partial charge in [0, 0.05) is 11.1 Å². The zero-order valence-corrected chi connectivity index (χ0v) is 19.8. The van der Waals surface area contributed by atoms with Gasteiger partial charge in [-0.25, -0.2) is 9.36 Å². The van der Waals surface area contributed by atoms with Crippen LogP contribution in [0.5, 0.6) is 5.88 Å². The second kappa shape index (κ2) is 10.3. The molecule has 186 valence electrons. The number of rotatable bonds is 7. The lowest BCUT2D eigenvalue weighted by atomic mass is 10.1. The summed E-state index contributed by atoms with van der Waals surface area (Å²) in [6.45, 7) is 1.58. The van der Waals surface area contributed by atoms with Gasteiger partial charge in [-0.05, 0) is 60.1 Å². The fourth-order valence-electron chi connectivity index (χ4n) is 3.67. The zero-order valence-electron chi connectivity index (χ0n) is 19.0. The number of carbonyl (C=O) groups excluding carboxylic acids is 1. The average molecular weight is 515 g/mol. The monoisotopic (exact) mass is 514 g/mol. The first-order valence-electron chi connectivity index (χ1n) is 10.8. The third kappa shape index (κ3) is 5.80. The standard InChI is InChI=1S/C25H21F3N4O3S/c1-16-23(34)32(19-7-9-20(10-8-19)36-25(26,27)28)24(35)31(16)15-18-11-12-29-14-21(18)30-22(33)13-17-5-3-2-4-6-17/h2-12,14,34H,13,15H2,1H3,(H,30,33). The van der Waals surface area contributed by atoms with E-state index >= 15 is 0 Å². The van der Waals surface area contributed by atoms with Crippen LogP contribution >= 0.6 is 11.8 Å². The van der Waals surface area contributed by atoms with E-state index in [-0.39, 0.29) is 52.8 Å². The van der Waals surface area contributed by atoms with Crippen molar-refractivity contribution in [3.63, 3.8) is 0 Å². The molecular formula is C25H21F3N4O3S. The molecule has 36 heavy (non-hydrogen) atoms. The van der Waals surface area contributed by atoms with E-state index in [0.29, 0.717) is 11.3 Å². The number of pyridine rings is 1. The summed E-state index contributed by atoms with van der Waals surface area (Å²) in [4.78, 5) is 29.8. The van der Waals surface area contributed by atoms with E-state index < -0.39 is 11.2 Å². The smallest absolute Gasteiger partial charge is 0.446 e. The molecule has 0 saturated carbocycles. The Morgan fingerprint density at radius 3 is 2.44 bits per heavy atom. The van der Waals surface area contributed by atoms with Gasteiger partial charge < -0.3 is 10.4 Å². The molecule has 2 heterocycles. The minimum Gasteiger partial charge on any atom is -0.493 e. The van der Waals surface area contributed by atoms with E-state index in [9.17, 15) is 27.9 Å². The Labute approximate surface area is 208 Å². The van der Waals surface area contributed by atoms with Gasteiger partial charge >= 0.3 is 11.2 Å². The summed E-state index contributed by atoms with van der Waals surface area (Å²) in [5.74, 6) is -0.586. The molecule has 4 rings (SSSR count). The largest absolute Gasteiger partial charge is 0.493 e. The van der Waals surface area contributed by atoms with Crippen LogP contribution in [0.3, 0.4) is 0 Å². The summed E-state index contributed by atoms with van der Waals surface area (Å²) in [6.07, 6.45) is 3.16. The van der Waals surface area contributed by atoms with Gasteiger partial charge in [-0.2, -0.15) is 13.2 Å². The first-order valence-corrected chi connectivity index (χ1v) is 11.6. The lowest BCUT2D eigenvalue weighted by molar-refractivity contribution is -0.115. The van der Waals surface area contributed by atoms with E-state index in [1.807, 2.05) is 30.3 Å². The van der Waals surface area contributed by atoms with E-state index in [4.69, 9.17) is 0 Å². The second-order valence-electron chi connectivity index (χ2n) is 7.90. The van der Waals surface area contributed by atoms with Crippen molar-refractivity contribution in [3.05, 3.63) is 100 Å². The molecule has 0 unspecified atom stereocenters. The number of hydrogen-bond donors (Lipinski definition) is 2. The van der Waals surface area contributed by atoms with Gasteiger partial charge in [0.1, 0.15) is 0 Å². The Bertz CT molecular complexity index is 1430. The predicted octanol–water partition coefficient (Wildman–Crippen LogP) is 4.89. The number of nitrogens with one attached hydrogen (secondary N) is 1. The van der Waals surface area contributed by atoms with Gasteiger partial charge in [-0.1, -0.05) is 30.3 Å². The molecular weight excluding hydrogens is 493 g/mol. The molecule has 0 spiro atoms. The fourth-order valence-corrected chi connectivity index (χ4v) is 4.21. The molecule has 0 saturated heterocycles. The van der Waals surface area contributed by atoms with Crippen LogP contribution in [0.15, 0.2) is 82.7 Å². The number of thioether (sulfide) groups is 1. The van der Waals surface area contributed by atoms with Crippen molar-refractivity contribution in [1.82, 2.24) is 14.1 Å². The molecule has 0 radical (unpaired) electrons. The molecule has 2 aromatic heterocycles. The van der Waals surface area contributed by atoms with Crippen LogP contribution in [0.2, 0.25) is 0 Å². The highest BCUT2D eigenvalue weighted by atomic mass is 32.2. The lowest BCUT2D eigenvalue weighted by Crippen LogP contribution is -2.25. The third-order valence-corrected chi connectivity index (χ3v) is 6.15. The lowest BCUT2D eigenvalue weighted by Gasteiger charge is -2.12. The van der Waals surface area contributed by atoms with Gasteiger partial charge in [0.15, 0.2) is 0 Å². The van der Waals surface area contributed by atoms with Crippen LogP contribution in [-0.2, 0) is 17.8 Å². The number of aromatic hydroxyl groups is 1. The summed E-state index contributed by atoms with van der Waals surface area (Å²) in [5.41, 5.74) is -2.69. The number of carbonyl (C=O) groups is 1. The van der Waals surface area contributed by atoms with E-state index in [0.717, 1.165) is 10.1 Å². The van der Waals surface area contributed by atoms with Crippen molar-refractivity contribution < 1.29 is 23.1 Å². The number of imidazole rings is 1. The molecule has 1 amide bonds. The summed E-state index contributed by atoms with van der Waals surface area (Å²) in [5, 5.41) is 13.5. The maximum Gasteiger partial charge on any atom is 0.446 e.